The molecule has 1 saturated heterocycles. The number of anilines is 1. The van der Waals surface area contributed by atoms with Crippen LogP contribution in [0, 0.1) is 0 Å². The van der Waals surface area contributed by atoms with E-state index in [9.17, 15) is 18.0 Å². The van der Waals surface area contributed by atoms with Crippen LogP contribution in [-0.4, -0.2) is 60.0 Å². The number of carbonyl (C=O) groups excluding carboxylic acids is 2. The first-order chi connectivity index (χ1) is 16.5. The molecular formula is C25H28N4O5S. The summed E-state index contributed by atoms with van der Waals surface area (Å²) in [5.74, 6) is -0.0655. The lowest BCUT2D eigenvalue weighted by Gasteiger charge is -2.38. The maximum Gasteiger partial charge on any atom is 0.410 e. The Kier molecular flexibility index (Phi) is 5.21. The second-order valence-electron chi connectivity index (χ2n) is 10.1. The van der Waals surface area contributed by atoms with Crippen LogP contribution in [0.5, 0.6) is 0 Å². The molecular weight excluding hydrogens is 468 g/mol. The van der Waals surface area contributed by atoms with Gasteiger partial charge in [-0.25, -0.2) is 22.2 Å². The number of benzene rings is 1. The van der Waals surface area contributed by atoms with Gasteiger partial charge in [0.15, 0.2) is 5.65 Å². The predicted octanol–water partition coefficient (Wildman–Crippen LogP) is 3.52. The number of piperidine rings is 1. The Hall–Kier alpha value is -3.40. The summed E-state index contributed by atoms with van der Waals surface area (Å²) in [7, 11) is -2.15. The highest BCUT2D eigenvalue weighted by molar-refractivity contribution is 7.90. The number of likely N-dealkylation sites (N-methyl/N-ethyl adjacent to an activating group) is 1. The molecule has 184 valence electrons. The number of carbonyl (C=O) groups is 2. The Balaban J connectivity index is 1.56. The molecule has 0 bridgehead atoms. The topological polar surface area (TPSA) is 102 Å². The maximum absolute atomic E-state index is 13.6. The summed E-state index contributed by atoms with van der Waals surface area (Å²) in [5, 5.41) is 0.630. The lowest BCUT2D eigenvalue weighted by molar-refractivity contribution is -0.124. The summed E-state index contributed by atoms with van der Waals surface area (Å²) in [6, 6.07) is 9.90. The van der Waals surface area contributed by atoms with Crippen molar-refractivity contribution in [2.24, 2.45) is 0 Å². The Morgan fingerprint density at radius 1 is 1.09 bits per heavy atom. The molecule has 2 aromatic heterocycles. The van der Waals surface area contributed by atoms with Crippen LogP contribution in [0.4, 0.5) is 10.5 Å². The van der Waals surface area contributed by atoms with Crippen LogP contribution in [0.25, 0.3) is 11.0 Å². The monoisotopic (exact) mass is 496 g/mol. The highest BCUT2D eigenvalue weighted by Crippen LogP contribution is 2.50. The van der Waals surface area contributed by atoms with Crippen LogP contribution < -0.4 is 4.90 Å². The molecule has 2 amide bonds. The van der Waals surface area contributed by atoms with E-state index >= 15 is 0 Å². The zero-order valence-electron chi connectivity index (χ0n) is 20.2. The number of aromatic nitrogens is 2. The smallest absolute Gasteiger partial charge is 0.410 e. The number of pyridine rings is 1. The summed E-state index contributed by atoms with van der Waals surface area (Å²) in [5.41, 5.74) is 0.272. The third-order valence-corrected chi connectivity index (χ3v) is 8.46. The molecule has 5 rings (SSSR count). The quantitative estimate of drug-likeness (QED) is 0.538. The minimum atomic E-state index is -3.86. The van der Waals surface area contributed by atoms with Gasteiger partial charge >= 0.3 is 6.09 Å². The van der Waals surface area contributed by atoms with Crippen molar-refractivity contribution in [1.29, 1.82) is 0 Å². The first-order valence-corrected chi connectivity index (χ1v) is 13.0. The van der Waals surface area contributed by atoms with Gasteiger partial charge in [-0.1, -0.05) is 18.2 Å². The number of hydrogen-bond acceptors (Lipinski definition) is 6. The molecule has 1 fully saturated rings. The van der Waals surface area contributed by atoms with Crippen LogP contribution in [0.1, 0.15) is 39.2 Å². The average molecular weight is 497 g/mol. The molecule has 3 aromatic rings. The van der Waals surface area contributed by atoms with E-state index in [-0.39, 0.29) is 16.4 Å². The van der Waals surface area contributed by atoms with Gasteiger partial charge < -0.3 is 14.5 Å². The van der Waals surface area contributed by atoms with Crippen LogP contribution in [0.15, 0.2) is 53.7 Å². The van der Waals surface area contributed by atoms with Gasteiger partial charge in [-0.3, -0.25) is 4.79 Å². The fraction of sp³-hybridized carbons (Fsp3) is 0.400. The van der Waals surface area contributed by atoms with Gasteiger partial charge in [0.2, 0.25) is 5.91 Å². The maximum atomic E-state index is 13.6. The van der Waals surface area contributed by atoms with Crippen molar-refractivity contribution in [3.63, 3.8) is 0 Å². The number of amides is 2. The Morgan fingerprint density at radius 3 is 2.37 bits per heavy atom. The van der Waals surface area contributed by atoms with E-state index in [0.29, 0.717) is 37.0 Å². The van der Waals surface area contributed by atoms with Crippen molar-refractivity contribution in [1.82, 2.24) is 13.9 Å². The predicted molar refractivity (Wildman–Crippen MR) is 131 cm³/mol. The van der Waals surface area contributed by atoms with E-state index in [1.165, 1.54) is 10.2 Å². The second kappa shape index (κ2) is 7.81. The van der Waals surface area contributed by atoms with Gasteiger partial charge in [0.1, 0.15) is 5.60 Å². The van der Waals surface area contributed by atoms with Crippen LogP contribution in [0.3, 0.4) is 0 Å². The van der Waals surface area contributed by atoms with Gasteiger partial charge in [-0.2, -0.15) is 0 Å². The first-order valence-electron chi connectivity index (χ1n) is 11.5. The van der Waals surface area contributed by atoms with Gasteiger partial charge in [0.05, 0.1) is 22.2 Å². The minimum absolute atomic E-state index is 0.0655. The minimum Gasteiger partial charge on any atom is -0.444 e. The fourth-order valence-corrected chi connectivity index (χ4v) is 6.43. The molecule has 10 heteroatoms. The number of hydrogen-bond donors (Lipinski definition) is 0. The molecule has 0 saturated carbocycles. The van der Waals surface area contributed by atoms with Gasteiger partial charge in [-0.05, 0) is 51.8 Å². The highest BCUT2D eigenvalue weighted by atomic mass is 32.2. The van der Waals surface area contributed by atoms with Crippen molar-refractivity contribution in [3.05, 3.63) is 54.4 Å². The number of rotatable bonds is 2. The zero-order chi connectivity index (χ0) is 25.2. The molecule has 1 spiro atoms. The van der Waals surface area contributed by atoms with Crippen LogP contribution >= 0.6 is 0 Å². The third kappa shape index (κ3) is 3.58. The highest BCUT2D eigenvalue weighted by Gasteiger charge is 2.53. The van der Waals surface area contributed by atoms with Crippen molar-refractivity contribution >= 4 is 38.7 Å². The number of fused-ring (bicyclic) bond motifs is 4. The average Bonchev–Trinajstić information content (AvgIpc) is 3.34. The van der Waals surface area contributed by atoms with Crippen LogP contribution in [-0.2, 0) is 25.0 Å². The Bertz CT molecular complexity index is 1430. The van der Waals surface area contributed by atoms with Gasteiger partial charge in [0.25, 0.3) is 10.0 Å². The van der Waals surface area contributed by atoms with E-state index in [0.717, 1.165) is 5.56 Å². The molecule has 0 atom stereocenters. The van der Waals surface area contributed by atoms with Crippen molar-refractivity contribution in [2.75, 3.05) is 25.0 Å². The van der Waals surface area contributed by atoms with Gasteiger partial charge in [0, 0.05) is 37.3 Å². The van der Waals surface area contributed by atoms with E-state index in [2.05, 4.69) is 4.98 Å². The molecule has 9 nitrogen and oxygen atoms in total. The molecule has 0 radical (unpaired) electrons. The second-order valence-corrected chi connectivity index (χ2v) is 11.9. The molecule has 0 aliphatic carbocycles. The van der Waals surface area contributed by atoms with Crippen LogP contribution in [0.2, 0.25) is 0 Å². The molecule has 2 aliphatic heterocycles. The summed E-state index contributed by atoms with van der Waals surface area (Å²) < 4.78 is 33.3. The number of likely N-dealkylation sites (tertiary alicyclic amines) is 1. The number of ether oxygens (including phenoxy) is 1. The van der Waals surface area contributed by atoms with Crippen molar-refractivity contribution in [2.45, 2.75) is 49.5 Å². The lowest BCUT2D eigenvalue weighted by Crippen LogP contribution is -2.50. The lowest BCUT2D eigenvalue weighted by atomic mass is 9.73. The first kappa shape index (κ1) is 23.3. The Morgan fingerprint density at radius 2 is 1.74 bits per heavy atom. The van der Waals surface area contributed by atoms with Crippen molar-refractivity contribution in [3.8, 4) is 0 Å². The van der Waals surface area contributed by atoms with E-state index in [4.69, 9.17) is 4.74 Å². The summed E-state index contributed by atoms with van der Waals surface area (Å²) in [4.78, 5) is 34.0. The van der Waals surface area contributed by atoms with Gasteiger partial charge in [-0.15, -0.1) is 0 Å². The summed E-state index contributed by atoms with van der Waals surface area (Å²) in [6.45, 7) is 6.18. The SMILES string of the molecule is CN1C(=O)C2(CCN(C(=O)OC(C)(C)C)CC2)c2c1cnc1c2ccn1S(=O)(=O)c1ccccc1. The summed E-state index contributed by atoms with van der Waals surface area (Å²) in [6.07, 6.45) is 3.50. The molecule has 0 unspecified atom stereocenters. The zero-order valence-corrected chi connectivity index (χ0v) is 21.0. The molecule has 1 aromatic carbocycles. The van der Waals surface area contributed by atoms with E-state index in [1.54, 1.807) is 59.4 Å². The standard InChI is InChI=1S/C25H28N4O5S/c1-24(2,3)34-23(31)28-14-11-25(12-15-28)20-18-10-13-29(35(32,33)17-8-6-5-7-9-17)21(18)26-16-19(20)27(4)22(25)30/h5-10,13,16H,11-12,14-15H2,1-4H3. The molecule has 2 aliphatic rings. The fourth-order valence-electron chi connectivity index (χ4n) is 5.11. The molecule has 35 heavy (non-hydrogen) atoms. The largest absolute Gasteiger partial charge is 0.444 e. The number of nitrogens with zero attached hydrogens (tertiary/aromatic N) is 4. The molecule has 0 N–H and O–H groups in total. The third-order valence-electron chi connectivity index (χ3n) is 6.78. The van der Waals surface area contributed by atoms with E-state index < -0.39 is 27.1 Å². The summed E-state index contributed by atoms with van der Waals surface area (Å²) >= 11 is 0. The van der Waals surface area contributed by atoms with E-state index in [1.807, 2.05) is 20.8 Å². The normalized spacial score (nSPS) is 17.8. The Labute approximate surface area is 204 Å². The molecule has 4 heterocycles. The van der Waals surface area contributed by atoms with Crippen molar-refractivity contribution < 1.29 is 22.7 Å².